The molecule has 0 radical (unpaired) electrons. The van der Waals surface area contributed by atoms with Crippen LogP contribution in [0.1, 0.15) is 16.3 Å². The summed E-state index contributed by atoms with van der Waals surface area (Å²) in [5.41, 5.74) is 2.00. The van der Waals surface area contributed by atoms with E-state index in [4.69, 9.17) is 15.0 Å². The standard InChI is InChI=1S/C12H10Br2N2O3/c13-7-1-3-10(9(14)5-7)18-6-8-2-4-11(19-8)12(17)16-15/h1-5H,6,15H2,(H,16,17). The Kier molecular flexibility index (Phi) is 4.62. The average molecular weight is 390 g/mol. The molecule has 7 heteroatoms. The van der Waals surface area contributed by atoms with E-state index in [0.29, 0.717) is 11.5 Å². The third-order valence-electron chi connectivity index (χ3n) is 2.28. The number of benzene rings is 1. The molecular formula is C12H10Br2N2O3. The summed E-state index contributed by atoms with van der Waals surface area (Å²) in [4.78, 5) is 11.2. The lowest BCUT2D eigenvalue weighted by molar-refractivity contribution is 0.0922. The molecular weight excluding hydrogens is 380 g/mol. The van der Waals surface area contributed by atoms with Crippen LogP contribution in [0.5, 0.6) is 5.75 Å². The first-order valence-corrected chi connectivity index (χ1v) is 6.86. The van der Waals surface area contributed by atoms with Gasteiger partial charge in [-0.25, -0.2) is 5.84 Å². The van der Waals surface area contributed by atoms with Gasteiger partial charge in [0.2, 0.25) is 0 Å². The van der Waals surface area contributed by atoms with Crippen LogP contribution in [0.4, 0.5) is 0 Å². The Morgan fingerprint density at radius 3 is 2.79 bits per heavy atom. The Morgan fingerprint density at radius 2 is 2.11 bits per heavy atom. The molecule has 0 unspecified atom stereocenters. The van der Waals surface area contributed by atoms with E-state index in [9.17, 15) is 4.79 Å². The van der Waals surface area contributed by atoms with E-state index in [-0.39, 0.29) is 12.4 Å². The summed E-state index contributed by atoms with van der Waals surface area (Å²) in [7, 11) is 0. The highest BCUT2D eigenvalue weighted by atomic mass is 79.9. The van der Waals surface area contributed by atoms with Crippen LogP contribution in [-0.2, 0) is 6.61 Å². The number of nitrogens with two attached hydrogens (primary N) is 1. The molecule has 0 saturated carbocycles. The number of carbonyl (C=O) groups is 1. The molecule has 0 aliphatic rings. The largest absolute Gasteiger partial charge is 0.484 e. The molecule has 1 aromatic carbocycles. The minimum atomic E-state index is -0.476. The Bertz CT molecular complexity index is 598. The number of halogens is 2. The zero-order valence-electron chi connectivity index (χ0n) is 9.65. The lowest BCUT2D eigenvalue weighted by Gasteiger charge is -2.06. The number of amides is 1. The Morgan fingerprint density at radius 1 is 1.32 bits per heavy atom. The Labute approximate surface area is 126 Å². The van der Waals surface area contributed by atoms with Crippen molar-refractivity contribution >= 4 is 37.8 Å². The lowest BCUT2D eigenvalue weighted by Crippen LogP contribution is -2.29. The van der Waals surface area contributed by atoms with Crippen LogP contribution in [0.2, 0.25) is 0 Å². The van der Waals surface area contributed by atoms with Crippen molar-refractivity contribution < 1.29 is 13.9 Å². The van der Waals surface area contributed by atoms with Crippen molar-refractivity contribution in [3.05, 3.63) is 50.8 Å². The zero-order chi connectivity index (χ0) is 13.8. The topological polar surface area (TPSA) is 77.5 Å². The van der Waals surface area contributed by atoms with Gasteiger partial charge in [-0.1, -0.05) is 15.9 Å². The summed E-state index contributed by atoms with van der Waals surface area (Å²) in [5, 5.41) is 0. The summed E-state index contributed by atoms with van der Waals surface area (Å²) in [6.07, 6.45) is 0. The SMILES string of the molecule is NNC(=O)c1ccc(COc2ccc(Br)cc2Br)o1. The first-order chi connectivity index (χ1) is 9.10. The highest BCUT2D eigenvalue weighted by Crippen LogP contribution is 2.28. The van der Waals surface area contributed by atoms with Crippen molar-refractivity contribution in [2.24, 2.45) is 5.84 Å². The number of hydrogen-bond donors (Lipinski definition) is 2. The maximum atomic E-state index is 11.2. The van der Waals surface area contributed by atoms with Crippen LogP contribution < -0.4 is 16.0 Å². The van der Waals surface area contributed by atoms with Gasteiger partial charge >= 0.3 is 5.91 Å². The molecule has 2 aromatic rings. The normalized spacial score (nSPS) is 10.3. The van der Waals surface area contributed by atoms with E-state index >= 15 is 0 Å². The van der Waals surface area contributed by atoms with E-state index in [1.807, 2.05) is 23.6 Å². The van der Waals surface area contributed by atoms with Gasteiger partial charge in [-0.2, -0.15) is 0 Å². The van der Waals surface area contributed by atoms with Crippen LogP contribution in [0, 0.1) is 0 Å². The molecule has 1 amide bonds. The van der Waals surface area contributed by atoms with Gasteiger partial charge in [0.05, 0.1) is 4.47 Å². The quantitative estimate of drug-likeness (QED) is 0.478. The van der Waals surface area contributed by atoms with Crippen LogP contribution in [0.25, 0.3) is 0 Å². The van der Waals surface area contributed by atoms with Crippen LogP contribution in [0.3, 0.4) is 0 Å². The minimum absolute atomic E-state index is 0.149. The van der Waals surface area contributed by atoms with Gasteiger partial charge in [0.15, 0.2) is 5.76 Å². The number of hydrazine groups is 1. The number of furan rings is 1. The molecule has 0 saturated heterocycles. The molecule has 1 heterocycles. The van der Waals surface area contributed by atoms with E-state index < -0.39 is 5.91 Å². The van der Waals surface area contributed by atoms with Crippen molar-refractivity contribution in [1.29, 1.82) is 0 Å². The fourth-order valence-electron chi connectivity index (χ4n) is 1.39. The second kappa shape index (κ2) is 6.23. The molecule has 1 aromatic heterocycles. The average Bonchev–Trinajstić information content (AvgIpc) is 2.85. The number of carbonyl (C=O) groups excluding carboxylic acids is 1. The van der Waals surface area contributed by atoms with E-state index in [1.54, 1.807) is 6.07 Å². The molecule has 5 nitrogen and oxygen atoms in total. The predicted molar refractivity (Wildman–Crippen MR) is 76.5 cm³/mol. The summed E-state index contributed by atoms with van der Waals surface area (Å²) in [6, 6.07) is 8.78. The summed E-state index contributed by atoms with van der Waals surface area (Å²) < 4.78 is 12.6. The van der Waals surface area contributed by atoms with E-state index in [2.05, 4.69) is 31.9 Å². The van der Waals surface area contributed by atoms with Gasteiger partial charge in [0.25, 0.3) is 0 Å². The van der Waals surface area contributed by atoms with Crippen molar-refractivity contribution in [2.45, 2.75) is 6.61 Å². The molecule has 19 heavy (non-hydrogen) atoms. The molecule has 3 N–H and O–H groups in total. The highest BCUT2D eigenvalue weighted by molar-refractivity contribution is 9.11. The maximum absolute atomic E-state index is 11.2. The number of nitrogens with one attached hydrogen (secondary N) is 1. The molecule has 2 rings (SSSR count). The van der Waals surface area contributed by atoms with Crippen LogP contribution in [-0.4, -0.2) is 5.91 Å². The smallest absolute Gasteiger partial charge is 0.300 e. The number of hydrogen-bond acceptors (Lipinski definition) is 4. The van der Waals surface area contributed by atoms with Crippen molar-refractivity contribution in [3.63, 3.8) is 0 Å². The molecule has 0 aliphatic heterocycles. The summed E-state index contributed by atoms with van der Waals surface area (Å²) >= 11 is 6.75. The molecule has 0 atom stereocenters. The molecule has 0 aliphatic carbocycles. The van der Waals surface area contributed by atoms with Gasteiger partial charge in [0.1, 0.15) is 18.1 Å². The van der Waals surface area contributed by atoms with E-state index in [0.717, 1.165) is 8.95 Å². The van der Waals surface area contributed by atoms with Gasteiger partial charge in [-0.15, -0.1) is 0 Å². The maximum Gasteiger partial charge on any atom is 0.300 e. The molecule has 0 fully saturated rings. The van der Waals surface area contributed by atoms with Gasteiger partial charge < -0.3 is 9.15 Å². The second-order valence-electron chi connectivity index (χ2n) is 3.60. The Balaban J connectivity index is 2.02. The van der Waals surface area contributed by atoms with Gasteiger partial charge in [0, 0.05) is 4.47 Å². The van der Waals surface area contributed by atoms with Crippen molar-refractivity contribution in [3.8, 4) is 5.75 Å². The fraction of sp³-hybridized carbons (Fsp3) is 0.0833. The first-order valence-electron chi connectivity index (χ1n) is 5.27. The van der Waals surface area contributed by atoms with E-state index in [1.165, 1.54) is 6.07 Å². The van der Waals surface area contributed by atoms with Crippen molar-refractivity contribution in [1.82, 2.24) is 5.43 Å². The van der Waals surface area contributed by atoms with Crippen molar-refractivity contribution in [2.75, 3.05) is 0 Å². The van der Waals surface area contributed by atoms with Gasteiger partial charge in [-0.05, 0) is 46.3 Å². The number of rotatable bonds is 4. The minimum Gasteiger partial charge on any atom is -0.484 e. The number of ether oxygens (including phenoxy) is 1. The monoisotopic (exact) mass is 388 g/mol. The van der Waals surface area contributed by atoms with Crippen LogP contribution in [0.15, 0.2) is 43.7 Å². The third kappa shape index (κ3) is 3.59. The Hall–Kier alpha value is -1.31. The molecule has 0 bridgehead atoms. The van der Waals surface area contributed by atoms with Crippen LogP contribution >= 0.6 is 31.9 Å². The third-order valence-corrected chi connectivity index (χ3v) is 3.39. The van der Waals surface area contributed by atoms with Gasteiger partial charge in [-0.3, -0.25) is 10.2 Å². The second-order valence-corrected chi connectivity index (χ2v) is 5.37. The molecule has 0 spiro atoms. The fourth-order valence-corrected chi connectivity index (χ4v) is 2.55. The first kappa shape index (κ1) is 14.1. The number of nitrogen functional groups attached to an aromatic ring is 1. The summed E-state index contributed by atoms with van der Waals surface area (Å²) in [5.74, 6) is 5.90. The highest BCUT2D eigenvalue weighted by Gasteiger charge is 2.10. The molecule has 100 valence electrons. The lowest BCUT2D eigenvalue weighted by atomic mass is 10.3. The summed E-state index contributed by atoms with van der Waals surface area (Å²) in [6.45, 7) is 0.220. The predicted octanol–water partition coefficient (Wildman–Crippen LogP) is 2.99. The zero-order valence-corrected chi connectivity index (χ0v) is 12.8.